The highest BCUT2D eigenvalue weighted by atomic mass is 16.2. The molecule has 1 fully saturated rings. The minimum Gasteiger partial charge on any atom is -0.326 e. The van der Waals surface area contributed by atoms with Crippen LogP contribution < -0.4 is 11.1 Å². The summed E-state index contributed by atoms with van der Waals surface area (Å²) in [5, 5.41) is 2.99. The Balaban J connectivity index is 2.00. The van der Waals surface area contributed by atoms with Crippen molar-refractivity contribution >= 4 is 11.6 Å². The maximum atomic E-state index is 12.4. The monoisotopic (exact) mass is 275 g/mol. The highest BCUT2D eigenvalue weighted by Crippen LogP contribution is 2.25. The molecular formula is C16H25N3O. The zero-order valence-electron chi connectivity index (χ0n) is 12.6. The summed E-state index contributed by atoms with van der Waals surface area (Å²) in [6.45, 7) is 7.91. The number of carbonyl (C=O) groups excluding carboxylic acids is 1. The molecule has 2 rings (SSSR count). The van der Waals surface area contributed by atoms with Crippen LogP contribution in [0.1, 0.15) is 32.8 Å². The van der Waals surface area contributed by atoms with Crippen molar-refractivity contribution in [3.8, 4) is 0 Å². The Morgan fingerprint density at radius 2 is 2.25 bits per heavy atom. The Hall–Kier alpha value is -1.39. The van der Waals surface area contributed by atoms with Gasteiger partial charge in [-0.05, 0) is 43.9 Å². The zero-order valence-corrected chi connectivity index (χ0v) is 12.6. The number of rotatable bonds is 4. The third kappa shape index (κ3) is 3.38. The lowest BCUT2D eigenvalue weighted by Gasteiger charge is -2.27. The molecule has 1 aromatic carbocycles. The average molecular weight is 275 g/mol. The van der Waals surface area contributed by atoms with Gasteiger partial charge in [-0.2, -0.15) is 0 Å². The van der Waals surface area contributed by atoms with Gasteiger partial charge in [-0.1, -0.05) is 19.1 Å². The van der Waals surface area contributed by atoms with Gasteiger partial charge in [0.05, 0.1) is 6.04 Å². The van der Waals surface area contributed by atoms with E-state index in [1.54, 1.807) is 0 Å². The molecule has 0 radical (unpaired) electrons. The van der Waals surface area contributed by atoms with Gasteiger partial charge >= 0.3 is 0 Å². The fourth-order valence-electron chi connectivity index (χ4n) is 3.05. The van der Waals surface area contributed by atoms with E-state index in [1.807, 2.05) is 31.2 Å². The van der Waals surface area contributed by atoms with Gasteiger partial charge in [0.25, 0.3) is 0 Å². The van der Waals surface area contributed by atoms with Gasteiger partial charge in [-0.15, -0.1) is 0 Å². The predicted molar refractivity (Wildman–Crippen MR) is 82.4 cm³/mol. The molecule has 1 aliphatic rings. The molecule has 1 aromatic rings. The third-order valence-electron chi connectivity index (χ3n) is 4.14. The summed E-state index contributed by atoms with van der Waals surface area (Å²) in [5.74, 6) is 0.723. The molecule has 110 valence electrons. The van der Waals surface area contributed by atoms with E-state index in [2.05, 4.69) is 24.1 Å². The smallest absolute Gasteiger partial charge is 0.241 e. The number of benzene rings is 1. The van der Waals surface area contributed by atoms with Crippen molar-refractivity contribution in [3.63, 3.8) is 0 Å². The van der Waals surface area contributed by atoms with Crippen molar-refractivity contribution < 1.29 is 4.79 Å². The Labute approximate surface area is 121 Å². The molecule has 1 amide bonds. The molecule has 0 spiro atoms. The van der Waals surface area contributed by atoms with Gasteiger partial charge in [-0.3, -0.25) is 9.69 Å². The molecule has 4 nitrogen and oxygen atoms in total. The first kappa shape index (κ1) is 15.0. The van der Waals surface area contributed by atoms with Crippen LogP contribution in [0.3, 0.4) is 0 Å². The Kier molecular flexibility index (Phi) is 4.78. The second kappa shape index (κ2) is 6.37. The lowest BCUT2D eigenvalue weighted by molar-refractivity contribution is -0.121. The lowest BCUT2D eigenvalue weighted by Crippen LogP contribution is -2.43. The number of hydrogen-bond acceptors (Lipinski definition) is 3. The van der Waals surface area contributed by atoms with Crippen molar-refractivity contribution in [2.24, 2.45) is 11.7 Å². The molecule has 0 bridgehead atoms. The standard InChI is InChI=1S/C16H25N3O/c1-11-7-12(2)19(10-11)13(3)16(20)18-15-6-4-5-14(8-15)9-17/h4-6,8,11-13H,7,9-10,17H2,1-3H3,(H,18,20). The van der Waals surface area contributed by atoms with Crippen molar-refractivity contribution in [3.05, 3.63) is 29.8 Å². The summed E-state index contributed by atoms with van der Waals surface area (Å²) in [6.07, 6.45) is 1.17. The molecule has 0 saturated carbocycles. The average Bonchev–Trinajstić information content (AvgIpc) is 2.77. The van der Waals surface area contributed by atoms with Crippen LogP contribution in [0.4, 0.5) is 5.69 Å². The Bertz CT molecular complexity index is 475. The molecule has 3 atom stereocenters. The number of carbonyl (C=O) groups is 1. The second-order valence-electron chi connectivity index (χ2n) is 5.96. The van der Waals surface area contributed by atoms with Crippen LogP contribution in [0.5, 0.6) is 0 Å². The molecule has 4 heteroatoms. The quantitative estimate of drug-likeness (QED) is 0.885. The van der Waals surface area contributed by atoms with Crippen molar-refractivity contribution in [1.29, 1.82) is 0 Å². The van der Waals surface area contributed by atoms with Crippen LogP contribution in [-0.4, -0.2) is 29.4 Å². The summed E-state index contributed by atoms with van der Waals surface area (Å²) in [7, 11) is 0. The highest BCUT2D eigenvalue weighted by Gasteiger charge is 2.32. The summed E-state index contributed by atoms with van der Waals surface area (Å²) >= 11 is 0. The highest BCUT2D eigenvalue weighted by molar-refractivity contribution is 5.94. The molecule has 1 heterocycles. The summed E-state index contributed by atoms with van der Waals surface area (Å²) < 4.78 is 0. The second-order valence-corrected chi connectivity index (χ2v) is 5.96. The van der Waals surface area contributed by atoms with Crippen molar-refractivity contribution in [1.82, 2.24) is 4.90 Å². The van der Waals surface area contributed by atoms with Gasteiger partial charge in [0.1, 0.15) is 0 Å². The first-order valence-corrected chi connectivity index (χ1v) is 7.37. The van der Waals surface area contributed by atoms with Crippen LogP contribution in [-0.2, 0) is 11.3 Å². The maximum absolute atomic E-state index is 12.4. The van der Waals surface area contributed by atoms with Gasteiger partial charge in [-0.25, -0.2) is 0 Å². The fraction of sp³-hybridized carbons (Fsp3) is 0.562. The van der Waals surface area contributed by atoms with E-state index in [0.29, 0.717) is 18.5 Å². The first-order chi connectivity index (χ1) is 9.51. The Morgan fingerprint density at radius 1 is 1.50 bits per heavy atom. The summed E-state index contributed by atoms with van der Waals surface area (Å²) in [6, 6.07) is 8.09. The van der Waals surface area contributed by atoms with E-state index in [9.17, 15) is 4.79 Å². The van der Waals surface area contributed by atoms with Gasteiger partial charge in [0.15, 0.2) is 0 Å². The number of anilines is 1. The zero-order chi connectivity index (χ0) is 14.7. The normalized spacial score (nSPS) is 24.6. The molecule has 1 aliphatic heterocycles. The van der Waals surface area contributed by atoms with E-state index in [0.717, 1.165) is 17.8 Å². The number of likely N-dealkylation sites (tertiary alicyclic amines) is 1. The molecule has 3 N–H and O–H groups in total. The number of nitrogens with two attached hydrogens (primary N) is 1. The van der Waals surface area contributed by atoms with Crippen LogP contribution >= 0.6 is 0 Å². The van der Waals surface area contributed by atoms with Gasteiger partial charge in [0, 0.05) is 24.8 Å². The van der Waals surface area contributed by atoms with Crippen molar-refractivity contribution in [2.75, 3.05) is 11.9 Å². The van der Waals surface area contributed by atoms with E-state index in [1.165, 1.54) is 6.42 Å². The summed E-state index contributed by atoms with van der Waals surface area (Å²) in [5.41, 5.74) is 7.47. The predicted octanol–water partition coefficient (Wildman–Crippen LogP) is 2.20. The largest absolute Gasteiger partial charge is 0.326 e. The minimum absolute atomic E-state index is 0.0557. The minimum atomic E-state index is -0.100. The van der Waals surface area contributed by atoms with E-state index in [-0.39, 0.29) is 11.9 Å². The van der Waals surface area contributed by atoms with Gasteiger partial charge in [0.2, 0.25) is 5.91 Å². The van der Waals surface area contributed by atoms with E-state index < -0.39 is 0 Å². The van der Waals surface area contributed by atoms with Gasteiger partial charge < -0.3 is 11.1 Å². The van der Waals surface area contributed by atoms with Crippen LogP contribution in [0.15, 0.2) is 24.3 Å². The number of hydrogen-bond donors (Lipinski definition) is 2. The maximum Gasteiger partial charge on any atom is 0.241 e. The fourth-order valence-corrected chi connectivity index (χ4v) is 3.05. The number of nitrogens with zero attached hydrogens (tertiary/aromatic N) is 1. The molecule has 20 heavy (non-hydrogen) atoms. The van der Waals surface area contributed by atoms with Crippen LogP contribution in [0, 0.1) is 5.92 Å². The molecule has 0 aliphatic carbocycles. The molecular weight excluding hydrogens is 250 g/mol. The molecule has 3 unspecified atom stereocenters. The van der Waals surface area contributed by atoms with Crippen LogP contribution in [0.2, 0.25) is 0 Å². The molecule has 0 aromatic heterocycles. The van der Waals surface area contributed by atoms with Crippen LogP contribution in [0.25, 0.3) is 0 Å². The van der Waals surface area contributed by atoms with E-state index >= 15 is 0 Å². The number of nitrogens with one attached hydrogen (secondary N) is 1. The van der Waals surface area contributed by atoms with Crippen molar-refractivity contribution in [2.45, 2.75) is 45.8 Å². The third-order valence-corrected chi connectivity index (χ3v) is 4.14. The molecule has 1 saturated heterocycles. The summed E-state index contributed by atoms with van der Waals surface area (Å²) in [4.78, 5) is 14.7. The topological polar surface area (TPSA) is 58.4 Å². The lowest BCUT2D eigenvalue weighted by atomic mass is 10.1. The first-order valence-electron chi connectivity index (χ1n) is 7.37. The SMILES string of the molecule is CC1CC(C)N(C(C)C(=O)Nc2cccc(CN)c2)C1. The Morgan fingerprint density at radius 3 is 2.85 bits per heavy atom. The van der Waals surface area contributed by atoms with E-state index in [4.69, 9.17) is 5.73 Å². The number of amides is 1.